The van der Waals surface area contributed by atoms with Gasteiger partial charge in [-0.1, -0.05) is 0 Å². The molecule has 0 radical (unpaired) electrons. The molecular formula is C16H22N2O5S. The molecule has 0 saturated heterocycles. The lowest BCUT2D eigenvalue weighted by molar-refractivity contribution is -0.148. The van der Waals surface area contributed by atoms with Gasteiger partial charge in [-0.2, -0.15) is 0 Å². The van der Waals surface area contributed by atoms with Crippen LogP contribution in [-0.4, -0.2) is 36.3 Å². The van der Waals surface area contributed by atoms with E-state index in [1.165, 1.54) is 11.3 Å². The molecule has 0 aliphatic carbocycles. The summed E-state index contributed by atoms with van der Waals surface area (Å²) >= 11 is 1.53. The number of urea groups is 1. The van der Waals surface area contributed by atoms with Crippen LogP contribution in [0, 0.1) is 13.8 Å². The minimum atomic E-state index is -0.725. The lowest BCUT2D eigenvalue weighted by atomic mass is 10.1. The SMILES string of the molecule is Cc1cc(C(=O)CCC(=O)OCC(=O)NC(=O)NC(C)C)c(C)s1. The third-order valence-corrected chi connectivity index (χ3v) is 3.90. The highest BCUT2D eigenvalue weighted by molar-refractivity contribution is 7.12. The molecule has 0 saturated carbocycles. The molecule has 0 atom stereocenters. The first-order valence-corrected chi connectivity index (χ1v) is 8.37. The van der Waals surface area contributed by atoms with Gasteiger partial charge in [0, 0.05) is 27.8 Å². The Bertz CT molecular complexity index is 636. The van der Waals surface area contributed by atoms with Crippen molar-refractivity contribution in [2.24, 2.45) is 0 Å². The van der Waals surface area contributed by atoms with Crippen molar-refractivity contribution in [2.45, 2.75) is 46.6 Å². The number of Topliss-reactive ketones (excluding diaryl/α,β-unsaturated/α-hetero) is 1. The van der Waals surface area contributed by atoms with Gasteiger partial charge in [0.25, 0.3) is 5.91 Å². The molecule has 24 heavy (non-hydrogen) atoms. The van der Waals surface area contributed by atoms with E-state index in [1.54, 1.807) is 19.9 Å². The van der Waals surface area contributed by atoms with Crippen LogP contribution in [0.2, 0.25) is 0 Å². The van der Waals surface area contributed by atoms with E-state index in [0.717, 1.165) is 9.75 Å². The summed E-state index contributed by atoms with van der Waals surface area (Å²) in [7, 11) is 0. The Hall–Kier alpha value is -2.22. The molecule has 1 heterocycles. The number of imide groups is 1. The van der Waals surface area contributed by atoms with Gasteiger partial charge in [-0.25, -0.2) is 4.79 Å². The fourth-order valence-electron chi connectivity index (χ4n) is 1.94. The summed E-state index contributed by atoms with van der Waals surface area (Å²) in [5, 5.41) is 4.51. The van der Waals surface area contributed by atoms with Crippen LogP contribution >= 0.6 is 11.3 Å². The molecule has 0 spiro atoms. The highest BCUT2D eigenvalue weighted by Crippen LogP contribution is 2.22. The molecule has 132 valence electrons. The van der Waals surface area contributed by atoms with Gasteiger partial charge in [0.15, 0.2) is 12.4 Å². The standard InChI is InChI=1S/C16H22N2O5S/c1-9(2)17-16(22)18-14(20)8-23-15(21)6-5-13(19)12-7-10(3)24-11(12)4/h7,9H,5-6,8H2,1-4H3,(H2,17,18,20,22). The summed E-state index contributed by atoms with van der Waals surface area (Å²) in [5.74, 6) is -1.51. The van der Waals surface area contributed by atoms with Crippen molar-refractivity contribution in [3.63, 3.8) is 0 Å². The van der Waals surface area contributed by atoms with Gasteiger partial charge < -0.3 is 10.1 Å². The average Bonchev–Trinajstić information content (AvgIpc) is 2.80. The van der Waals surface area contributed by atoms with Crippen LogP contribution < -0.4 is 10.6 Å². The van der Waals surface area contributed by atoms with Gasteiger partial charge in [-0.3, -0.25) is 19.7 Å². The molecular weight excluding hydrogens is 332 g/mol. The molecule has 1 aromatic rings. The smallest absolute Gasteiger partial charge is 0.321 e. The predicted octanol–water partition coefficient (Wildman–Crippen LogP) is 2.11. The Morgan fingerprint density at radius 1 is 1.17 bits per heavy atom. The van der Waals surface area contributed by atoms with Gasteiger partial charge in [0.1, 0.15) is 0 Å². The number of amides is 3. The zero-order valence-corrected chi connectivity index (χ0v) is 15.0. The maximum Gasteiger partial charge on any atom is 0.321 e. The minimum absolute atomic E-state index is 0.0191. The lowest BCUT2D eigenvalue weighted by Gasteiger charge is -2.09. The number of esters is 1. The quantitative estimate of drug-likeness (QED) is 0.577. The van der Waals surface area contributed by atoms with E-state index in [-0.39, 0.29) is 24.7 Å². The average molecular weight is 354 g/mol. The topological polar surface area (TPSA) is 102 Å². The molecule has 8 heteroatoms. The van der Waals surface area contributed by atoms with Gasteiger partial charge in [-0.05, 0) is 33.8 Å². The van der Waals surface area contributed by atoms with E-state index >= 15 is 0 Å². The molecule has 1 aromatic heterocycles. The van der Waals surface area contributed by atoms with Crippen LogP contribution in [0.3, 0.4) is 0 Å². The van der Waals surface area contributed by atoms with Crippen LogP contribution in [0.4, 0.5) is 4.79 Å². The Labute approximate surface area is 144 Å². The second-order valence-corrected chi connectivity index (χ2v) is 7.05. The molecule has 0 aliphatic heterocycles. The number of nitrogens with one attached hydrogen (secondary N) is 2. The molecule has 0 aliphatic rings. The second-order valence-electron chi connectivity index (χ2n) is 5.59. The summed E-state index contributed by atoms with van der Waals surface area (Å²) < 4.78 is 4.75. The van der Waals surface area contributed by atoms with Crippen molar-refractivity contribution < 1.29 is 23.9 Å². The van der Waals surface area contributed by atoms with E-state index in [0.29, 0.717) is 5.56 Å². The van der Waals surface area contributed by atoms with Gasteiger partial charge in [0.05, 0.1) is 6.42 Å². The molecule has 0 fully saturated rings. The van der Waals surface area contributed by atoms with E-state index in [1.807, 2.05) is 19.2 Å². The first-order valence-electron chi connectivity index (χ1n) is 7.55. The molecule has 1 rings (SSSR count). The van der Waals surface area contributed by atoms with E-state index in [9.17, 15) is 19.2 Å². The summed E-state index contributed by atoms with van der Waals surface area (Å²) in [6.45, 7) is 6.71. The number of aryl methyl sites for hydroxylation is 2. The Morgan fingerprint density at radius 2 is 1.83 bits per heavy atom. The number of carbonyl (C=O) groups excluding carboxylic acids is 4. The second kappa shape index (κ2) is 9.17. The van der Waals surface area contributed by atoms with Crippen LogP contribution in [0.15, 0.2) is 6.07 Å². The first kappa shape index (κ1) is 19.8. The Balaban J connectivity index is 2.31. The van der Waals surface area contributed by atoms with Gasteiger partial charge in [-0.15, -0.1) is 11.3 Å². The van der Waals surface area contributed by atoms with Crippen molar-refractivity contribution in [1.82, 2.24) is 10.6 Å². The number of hydrogen-bond donors (Lipinski definition) is 2. The maximum absolute atomic E-state index is 12.0. The number of hydrogen-bond acceptors (Lipinski definition) is 6. The fraction of sp³-hybridized carbons (Fsp3) is 0.500. The van der Waals surface area contributed by atoms with Crippen molar-refractivity contribution >= 4 is 35.0 Å². The Kier molecular flexibility index (Phi) is 7.57. The van der Waals surface area contributed by atoms with Crippen LogP contribution in [-0.2, 0) is 14.3 Å². The summed E-state index contributed by atoms with van der Waals surface area (Å²) in [6.07, 6.45) is -0.0933. The summed E-state index contributed by atoms with van der Waals surface area (Å²) in [4.78, 5) is 48.3. The van der Waals surface area contributed by atoms with Crippen LogP contribution in [0.25, 0.3) is 0 Å². The number of ether oxygens (including phenoxy) is 1. The zero-order chi connectivity index (χ0) is 18.3. The third kappa shape index (κ3) is 6.91. The van der Waals surface area contributed by atoms with E-state index < -0.39 is 24.5 Å². The van der Waals surface area contributed by atoms with E-state index in [2.05, 4.69) is 5.32 Å². The highest BCUT2D eigenvalue weighted by atomic mass is 32.1. The molecule has 7 nitrogen and oxygen atoms in total. The number of carbonyl (C=O) groups is 4. The molecule has 0 aromatic carbocycles. The van der Waals surface area contributed by atoms with Crippen molar-refractivity contribution in [3.05, 3.63) is 21.4 Å². The van der Waals surface area contributed by atoms with Crippen LogP contribution in [0.5, 0.6) is 0 Å². The largest absolute Gasteiger partial charge is 0.456 e. The van der Waals surface area contributed by atoms with Crippen LogP contribution in [0.1, 0.15) is 46.8 Å². The zero-order valence-electron chi connectivity index (χ0n) is 14.2. The Morgan fingerprint density at radius 3 is 2.38 bits per heavy atom. The molecule has 3 amide bonds. The monoisotopic (exact) mass is 354 g/mol. The molecule has 0 unspecified atom stereocenters. The lowest BCUT2D eigenvalue weighted by Crippen LogP contribution is -2.44. The molecule has 0 bridgehead atoms. The number of thiophene rings is 1. The van der Waals surface area contributed by atoms with Gasteiger partial charge >= 0.3 is 12.0 Å². The third-order valence-electron chi connectivity index (χ3n) is 2.93. The highest BCUT2D eigenvalue weighted by Gasteiger charge is 2.16. The van der Waals surface area contributed by atoms with Crippen molar-refractivity contribution in [1.29, 1.82) is 0 Å². The van der Waals surface area contributed by atoms with Crippen molar-refractivity contribution in [2.75, 3.05) is 6.61 Å². The van der Waals surface area contributed by atoms with Crippen molar-refractivity contribution in [3.8, 4) is 0 Å². The fourth-order valence-corrected chi connectivity index (χ4v) is 2.88. The number of rotatable bonds is 7. The van der Waals surface area contributed by atoms with E-state index in [4.69, 9.17) is 4.74 Å². The predicted molar refractivity (Wildman–Crippen MR) is 90.1 cm³/mol. The number of ketones is 1. The molecule has 2 N–H and O–H groups in total. The maximum atomic E-state index is 12.0. The summed E-state index contributed by atoms with van der Waals surface area (Å²) in [6, 6.07) is 1.04. The first-order chi connectivity index (χ1) is 11.2. The summed E-state index contributed by atoms with van der Waals surface area (Å²) in [5.41, 5.74) is 0.619. The minimum Gasteiger partial charge on any atom is -0.456 e. The van der Waals surface area contributed by atoms with Gasteiger partial charge in [0.2, 0.25) is 0 Å². The normalized spacial score (nSPS) is 10.4.